The molecule has 100 valence electrons. The molecule has 0 fully saturated rings. The maximum Gasteiger partial charge on any atom is 0.0931 e. The van der Waals surface area contributed by atoms with Crippen LogP contribution in [-0.2, 0) is 6.42 Å². The second-order valence-electron chi connectivity index (χ2n) is 4.61. The van der Waals surface area contributed by atoms with Gasteiger partial charge in [0.05, 0.1) is 23.7 Å². The van der Waals surface area contributed by atoms with Crippen molar-refractivity contribution in [3.8, 4) is 0 Å². The van der Waals surface area contributed by atoms with E-state index < -0.39 is 6.10 Å². The molecule has 2 aromatic heterocycles. The van der Waals surface area contributed by atoms with Gasteiger partial charge in [0.25, 0.3) is 0 Å². The summed E-state index contributed by atoms with van der Waals surface area (Å²) in [5.74, 6) is 0. The molecule has 2 rings (SSSR count). The third-order valence-corrected chi connectivity index (χ3v) is 3.07. The van der Waals surface area contributed by atoms with Gasteiger partial charge in [0.15, 0.2) is 0 Å². The Balaban J connectivity index is 1.94. The van der Waals surface area contributed by atoms with Crippen LogP contribution in [-0.4, -0.2) is 28.7 Å². The van der Waals surface area contributed by atoms with Crippen molar-refractivity contribution in [1.82, 2.24) is 9.97 Å². The number of hydrogen-bond acceptors (Lipinski definition) is 4. The number of pyridine rings is 2. The lowest BCUT2D eigenvalue weighted by Crippen LogP contribution is -2.20. The molecule has 0 spiro atoms. The normalized spacial score (nSPS) is 12.2. The van der Waals surface area contributed by atoms with Gasteiger partial charge in [0.2, 0.25) is 0 Å². The largest absolute Gasteiger partial charge is 0.387 e. The molecule has 0 saturated heterocycles. The zero-order chi connectivity index (χ0) is 13.7. The van der Waals surface area contributed by atoms with E-state index in [2.05, 4.69) is 14.9 Å². The summed E-state index contributed by atoms with van der Waals surface area (Å²) >= 11 is 0. The first kappa shape index (κ1) is 13.5. The van der Waals surface area contributed by atoms with Crippen molar-refractivity contribution < 1.29 is 5.11 Å². The molecule has 1 atom stereocenters. The Kier molecular flexibility index (Phi) is 4.47. The van der Waals surface area contributed by atoms with Crippen LogP contribution >= 0.6 is 0 Å². The van der Waals surface area contributed by atoms with E-state index >= 15 is 0 Å². The van der Waals surface area contributed by atoms with E-state index in [9.17, 15) is 5.11 Å². The Morgan fingerprint density at radius 3 is 2.63 bits per heavy atom. The fraction of sp³-hybridized carbons (Fsp3) is 0.333. The van der Waals surface area contributed by atoms with Crippen LogP contribution in [0, 0.1) is 0 Å². The number of hydrogen-bond donors (Lipinski definition) is 1. The number of anilines is 1. The Morgan fingerprint density at radius 2 is 2.05 bits per heavy atom. The Morgan fingerprint density at radius 1 is 1.21 bits per heavy atom. The molecule has 1 N–H and O–H groups in total. The highest BCUT2D eigenvalue weighted by atomic mass is 16.3. The highest BCUT2D eigenvalue weighted by Gasteiger charge is 2.05. The van der Waals surface area contributed by atoms with Crippen molar-refractivity contribution in [3.63, 3.8) is 0 Å². The summed E-state index contributed by atoms with van der Waals surface area (Å²) < 4.78 is 0. The topological polar surface area (TPSA) is 49.2 Å². The van der Waals surface area contributed by atoms with Crippen LogP contribution in [0.25, 0.3) is 0 Å². The molecule has 0 bridgehead atoms. The number of aliphatic hydroxyl groups excluding tert-OH is 1. The van der Waals surface area contributed by atoms with Gasteiger partial charge in [-0.2, -0.15) is 0 Å². The third-order valence-electron chi connectivity index (χ3n) is 3.07. The highest BCUT2D eigenvalue weighted by molar-refractivity contribution is 5.43. The molecule has 0 aliphatic heterocycles. The van der Waals surface area contributed by atoms with Gasteiger partial charge in [-0.25, -0.2) is 0 Å². The van der Waals surface area contributed by atoms with Gasteiger partial charge in [0, 0.05) is 31.9 Å². The molecule has 0 unspecified atom stereocenters. The van der Waals surface area contributed by atoms with Gasteiger partial charge in [-0.3, -0.25) is 9.97 Å². The first-order valence-electron chi connectivity index (χ1n) is 6.42. The number of aliphatic hydroxyl groups is 1. The molecular formula is C15H19N3O. The standard InChI is InChI=1S/C15H19N3O/c1-12(19)15-7-6-14(11-17-15)18(2)10-8-13-5-3-4-9-16-13/h3-7,9,11-12,19H,8,10H2,1-2H3/t12-/m1/s1. The first-order chi connectivity index (χ1) is 9.16. The fourth-order valence-corrected chi connectivity index (χ4v) is 1.83. The van der Waals surface area contributed by atoms with Gasteiger partial charge in [-0.1, -0.05) is 6.07 Å². The molecule has 0 radical (unpaired) electrons. The summed E-state index contributed by atoms with van der Waals surface area (Å²) in [7, 11) is 2.03. The fourth-order valence-electron chi connectivity index (χ4n) is 1.83. The van der Waals surface area contributed by atoms with Crippen LogP contribution in [0.4, 0.5) is 5.69 Å². The smallest absolute Gasteiger partial charge is 0.0931 e. The predicted molar refractivity (Wildman–Crippen MR) is 76.1 cm³/mol. The summed E-state index contributed by atoms with van der Waals surface area (Å²) in [6, 6.07) is 9.79. The van der Waals surface area contributed by atoms with E-state index in [1.165, 1.54) is 0 Å². The SMILES string of the molecule is C[C@@H](O)c1ccc(N(C)CCc2ccccn2)cn1. The summed E-state index contributed by atoms with van der Waals surface area (Å²) in [5, 5.41) is 9.42. The van der Waals surface area contributed by atoms with Crippen molar-refractivity contribution in [2.24, 2.45) is 0 Å². The van der Waals surface area contributed by atoms with Crippen molar-refractivity contribution in [3.05, 3.63) is 54.1 Å². The Labute approximate surface area is 113 Å². The maximum absolute atomic E-state index is 9.42. The van der Waals surface area contributed by atoms with Crippen molar-refractivity contribution >= 4 is 5.69 Å². The number of rotatable bonds is 5. The molecule has 0 aliphatic carbocycles. The van der Waals surface area contributed by atoms with E-state index in [1.54, 1.807) is 13.1 Å². The molecule has 4 nitrogen and oxygen atoms in total. The Hall–Kier alpha value is -1.94. The van der Waals surface area contributed by atoms with E-state index in [0.29, 0.717) is 5.69 Å². The number of likely N-dealkylation sites (N-methyl/N-ethyl adjacent to an activating group) is 1. The molecule has 4 heteroatoms. The molecule has 2 heterocycles. The molecule has 2 aromatic rings. The lowest BCUT2D eigenvalue weighted by Gasteiger charge is -2.19. The minimum atomic E-state index is -0.520. The van der Waals surface area contributed by atoms with Gasteiger partial charge in [0.1, 0.15) is 0 Å². The lowest BCUT2D eigenvalue weighted by atomic mass is 10.2. The van der Waals surface area contributed by atoms with Crippen LogP contribution in [0.2, 0.25) is 0 Å². The minimum absolute atomic E-state index is 0.520. The van der Waals surface area contributed by atoms with Crippen molar-refractivity contribution in [2.75, 3.05) is 18.5 Å². The third kappa shape index (κ3) is 3.76. The average molecular weight is 257 g/mol. The van der Waals surface area contributed by atoms with Crippen LogP contribution in [0.5, 0.6) is 0 Å². The molecular weight excluding hydrogens is 238 g/mol. The zero-order valence-electron chi connectivity index (χ0n) is 11.3. The first-order valence-corrected chi connectivity index (χ1v) is 6.42. The molecule has 0 amide bonds. The molecule has 19 heavy (non-hydrogen) atoms. The summed E-state index contributed by atoms with van der Waals surface area (Å²) in [5.41, 5.74) is 2.82. The maximum atomic E-state index is 9.42. The van der Waals surface area contributed by atoms with Crippen LogP contribution in [0.1, 0.15) is 24.4 Å². The predicted octanol–water partition coefficient (Wildman–Crippen LogP) is 2.21. The number of aromatic nitrogens is 2. The minimum Gasteiger partial charge on any atom is -0.387 e. The van der Waals surface area contributed by atoms with E-state index in [4.69, 9.17) is 0 Å². The monoisotopic (exact) mass is 257 g/mol. The quantitative estimate of drug-likeness (QED) is 0.892. The van der Waals surface area contributed by atoms with E-state index in [1.807, 2.05) is 43.6 Å². The van der Waals surface area contributed by atoms with Crippen LogP contribution < -0.4 is 4.90 Å². The zero-order valence-corrected chi connectivity index (χ0v) is 11.3. The summed E-state index contributed by atoms with van der Waals surface area (Å²) in [6.45, 7) is 2.60. The average Bonchev–Trinajstić information content (AvgIpc) is 2.46. The van der Waals surface area contributed by atoms with Crippen LogP contribution in [0.15, 0.2) is 42.7 Å². The molecule has 0 aliphatic rings. The second kappa shape index (κ2) is 6.29. The summed E-state index contributed by atoms with van der Waals surface area (Å²) in [4.78, 5) is 10.7. The second-order valence-corrected chi connectivity index (χ2v) is 4.61. The lowest BCUT2D eigenvalue weighted by molar-refractivity contribution is 0.194. The van der Waals surface area contributed by atoms with Gasteiger partial charge < -0.3 is 10.0 Å². The molecule has 0 aromatic carbocycles. The van der Waals surface area contributed by atoms with Crippen molar-refractivity contribution in [2.45, 2.75) is 19.4 Å². The van der Waals surface area contributed by atoms with Crippen molar-refractivity contribution in [1.29, 1.82) is 0 Å². The van der Waals surface area contributed by atoms with Gasteiger partial charge in [-0.05, 0) is 31.2 Å². The number of nitrogens with zero attached hydrogens (tertiary/aromatic N) is 3. The van der Waals surface area contributed by atoms with E-state index in [-0.39, 0.29) is 0 Å². The van der Waals surface area contributed by atoms with Crippen LogP contribution in [0.3, 0.4) is 0 Å². The highest BCUT2D eigenvalue weighted by Crippen LogP contribution is 2.15. The van der Waals surface area contributed by atoms with Gasteiger partial charge in [-0.15, -0.1) is 0 Å². The summed E-state index contributed by atoms with van der Waals surface area (Å²) in [6.07, 6.45) is 3.98. The molecule has 0 saturated carbocycles. The Bertz CT molecular complexity index is 497. The van der Waals surface area contributed by atoms with Gasteiger partial charge >= 0.3 is 0 Å². The van der Waals surface area contributed by atoms with E-state index in [0.717, 1.165) is 24.3 Å².